The Balaban J connectivity index is 2.08. The maximum Gasteiger partial charge on any atom is 0.325 e. The quantitative estimate of drug-likeness (QED) is 0.130. The van der Waals surface area contributed by atoms with Crippen LogP contribution in [0, 0.1) is 10.1 Å². The van der Waals surface area contributed by atoms with Crippen molar-refractivity contribution in [3.8, 4) is 5.69 Å². The number of non-ortho nitro benzene ring substituents is 1. The van der Waals surface area contributed by atoms with Gasteiger partial charge in [0, 0.05) is 42.3 Å². The molecule has 202 valence electrons. The molecule has 14 heteroatoms. The van der Waals surface area contributed by atoms with Crippen LogP contribution in [0.25, 0.3) is 5.69 Å². The Morgan fingerprint density at radius 3 is 2.21 bits per heavy atom. The number of nitro groups is 1. The van der Waals surface area contributed by atoms with E-state index in [1.807, 2.05) is 27.7 Å². The van der Waals surface area contributed by atoms with Gasteiger partial charge in [-0.05, 0) is 45.7 Å². The Bertz CT molecular complexity index is 1290. The molecule has 0 fully saturated rings. The molecular formula is C24H32N10O4. The van der Waals surface area contributed by atoms with Crippen LogP contribution in [-0.2, 0) is 4.79 Å². The first-order valence-electron chi connectivity index (χ1n) is 12.3. The van der Waals surface area contributed by atoms with Crippen LogP contribution < -0.4 is 16.0 Å². The highest BCUT2D eigenvalue weighted by Gasteiger charge is 2.21. The molecule has 4 N–H and O–H groups in total. The average molecular weight is 525 g/mol. The lowest BCUT2D eigenvalue weighted by Crippen LogP contribution is -2.27. The number of rotatable bonds is 13. The Morgan fingerprint density at radius 2 is 1.63 bits per heavy atom. The molecule has 14 nitrogen and oxygen atoms in total. The zero-order valence-corrected chi connectivity index (χ0v) is 21.9. The van der Waals surface area contributed by atoms with E-state index < -0.39 is 16.9 Å². The number of benzene rings is 1. The molecule has 0 radical (unpaired) electrons. The second-order valence-electron chi connectivity index (χ2n) is 8.78. The first-order chi connectivity index (χ1) is 18.1. The van der Waals surface area contributed by atoms with E-state index in [2.05, 4.69) is 41.1 Å². The van der Waals surface area contributed by atoms with Crippen molar-refractivity contribution in [2.24, 2.45) is 10.2 Å². The molecule has 2 heterocycles. The van der Waals surface area contributed by atoms with Gasteiger partial charge in [-0.3, -0.25) is 19.5 Å². The number of nitro benzene ring substituents is 1. The van der Waals surface area contributed by atoms with E-state index in [4.69, 9.17) is 0 Å². The minimum absolute atomic E-state index is 0.0298. The van der Waals surface area contributed by atoms with Crippen LogP contribution in [0.3, 0.4) is 0 Å². The number of hydrogen-bond donors (Lipinski definition) is 4. The number of nitrogens with one attached hydrogen (secondary N) is 3. The van der Waals surface area contributed by atoms with Gasteiger partial charge >= 0.3 is 5.97 Å². The second kappa shape index (κ2) is 12.6. The molecule has 0 spiro atoms. The number of hydrogen-bond acceptors (Lipinski definition) is 11. The summed E-state index contributed by atoms with van der Waals surface area (Å²) >= 11 is 0. The van der Waals surface area contributed by atoms with Crippen LogP contribution in [-0.4, -0.2) is 53.6 Å². The molecule has 3 atom stereocenters. The summed E-state index contributed by atoms with van der Waals surface area (Å²) in [5, 5.41) is 38.6. The molecule has 0 amide bonds. The monoisotopic (exact) mass is 524 g/mol. The third kappa shape index (κ3) is 6.99. The molecule has 0 aliphatic heterocycles. The minimum atomic E-state index is -1.06. The summed E-state index contributed by atoms with van der Waals surface area (Å²) < 4.78 is 1.61. The molecule has 1 aromatic carbocycles. The maximum atomic E-state index is 11.6. The summed E-state index contributed by atoms with van der Waals surface area (Å²) in [6.45, 7) is 9.52. The summed E-state index contributed by atoms with van der Waals surface area (Å²) in [7, 11) is 0. The van der Waals surface area contributed by atoms with Gasteiger partial charge in [-0.25, -0.2) is 4.98 Å². The lowest BCUT2D eigenvalue weighted by atomic mass is 10.2. The Kier molecular flexibility index (Phi) is 9.24. The number of aliphatic carboxylic acids is 1. The second-order valence-corrected chi connectivity index (χ2v) is 8.78. The molecule has 3 aromatic rings. The number of anilines is 3. The first-order valence-corrected chi connectivity index (χ1v) is 12.3. The number of aromatic nitrogens is 4. The predicted molar refractivity (Wildman–Crippen MR) is 144 cm³/mol. The number of carboxylic acids is 1. The minimum Gasteiger partial charge on any atom is -0.480 e. The number of carboxylic acid groups (broad SMARTS) is 1. The molecule has 0 saturated heterocycles. The van der Waals surface area contributed by atoms with Crippen LogP contribution in [0.1, 0.15) is 47.5 Å². The fraction of sp³-hybridized carbons (Fsp3) is 0.417. The summed E-state index contributed by atoms with van der Waals surface area (Å²) in [5.74, 6) is 0.0122. The van der Waals surface area contributed by atoms with Crippen LogP contribution in [0.2, 0.25) is 0 Å². The van der Waals surface area contributed by atoms with E-state index in [9.17, 15) is 20.0 Å². The van der Waals surface area contributed by atoms with E-state index in [-0.39, 0.29) is 35.2 Å². The lowest BCUT2D eigenvalue weighted by molar-refractivity contribution is -0.384. The highest BCUT2D eigenvalue weighted by atomic mass is 16.6. The Labute approximate surface area is 219 Å². The SMILES string of the molecule is CCC(C)Nc1nc(NC(C)CC)c(N=Nc2nccn2-c2ccc([N+](=O)[O-])cc2)c(NC(C)C(=O)O)n1. The van der Waals surface area contributed by atoms with Gasteiger partial charge in [0.2, 0.25) is 5.95 Å². The Morgan fingerprint density at radius 1 is 1.03 bits per heavy atom. The molecule has 2 aromatic heterocycles. The zero-order valence-electron chi connectivity index (χ0n) is 21.9. The molecule has 0 aliphatic carbocycles. The van der Waals surface area contributed by atoms with Gasteiger partial charge in [0.1, 0.15) is 6.04 Å². The summed E-state index contributed by atoms with van der Waals surface area (Å²) in [6, 6.07) is 5.07. The Hall–Kier alpha value is -4.62. The smallest absolute Gasteiger partial charge is 0.325 e. The first kappa shape index (κ1) is 28.0. The van der Waals surface area contributed by atoms with E-state index in [1.54, 1.807) is 22.9 Å². The number of nitrogens with zero attached hydrogens (tertiary/aromatic N) is 7. The third-order valence-electron chi connectivity index (χ3n) is 5.79. The molecule has 38 heavy (non-hydrogen) atoms. The van der Waals surface area contributed by atoms with Crippen molar-refractivity contribution in [2.75, 3.05) is 16.0 Å². The molecule has 3 unspecified atom stereocenters. The topological polar surface area (TPSA) is 185 Å². The summed E-state index contributed by atoms with van der Waals surface area (Å²) in [5.41, 5.74) is 0.776. The van der Waals surface area contributed by atoms with Gasteiger partial charge in [-0.2, -0.15) is 9.97 Å². The largest absolute Gasteiger partial charge is 0.480 e. The van der Waals surface area contributed by atoms with Gasteiger partial charge in [-0.15, -0.1) is 10.2 Å². The lowest BCUT2D eigenvalue weighted by Gasteiger charge is -2.20. The van der Waals surface area contributed by atoms with Crippen molar-refractivity contribution in [1.82, 2.24) is 19.5 Å². The van der Waals surface area contributed by atoms with E-state index >= 15 is 0 Å². The highest BCUT2D eigenvalue weighted by molar-refractivity contribution is 5.81. The van der Waals surface area contributed by atoms with Gasteiger partial charge in [0.15, 0.2) is 17.3 Å². The normalized spacial score (nSPS) is 13.6. The van der Waals surface area contributed by atoms with E-state index in [1.165, 1.54) is 25.3 Å². The predicted octanol–water partition coefficient (Wildman–Crippen LogP) is 5.29. The fourth-order valence-electron chi connectivity index (χ4n) is 3.14. The van der Waals surface area contributed by atoms with E-state index in [0.29, 0.717) is 17.5 Å². The van der Waals surface area contributed by atoms with Crippen molar-refractivity contribution >= 4 is 40.9 Å². The summed E-state index contributed by atoms with van der Waals surface area (Å²) in [4.78, 5) is 35.5. The average Bonchev–Trinajstić information content (AvgIpc) is 3.36. The van der Waals surface area contributed by atoms with Crippen LogP contribution in [0.5, 0.6) is 0 Å². The highest BCUT2D eigenvalue weighted by Crippen LogP contribution is 2.35. The van der Waals surface area contributed by atoms with Crippen molar-refractivity contribution < 1.29 is 14.8 Å². The van der Waals surface area contributed by atoms with Crippen molar-refractivity contribution in [2.45, 2.75) is 65.6 Å². The fourth-order valence-corrected chi connectivity index (χ4v) is 3.14. The van der Waals surface area contributed by atoms with Gasteiger partial charge in [0.05, 0.1) is 4.92 Å². The van der Waals surface area contributed by atoms with Crippen molar-refractivity contribution in [3.05, 3.63) is 46.8 Å². The molecule has 3 rings (SSSR count). The van der Waals surface area contributed by atoms with Crippen molar-refractivity contribution in [1.29, 1.82) is 0 Å². The molecule has 0 saturated carbocycles. The number of azo groups is 1. The van der Waals surface area contributed by atoms with Gasteiger partial charge in [-0.1, -0.05) is 13.8 Å². The standard InChI is InChI=1S/C24H32N10O4/c1-6-14(3)26-20-19(21(28-16(5)22(35)36)30-23(29-20)27-15(4)7-2)31-32-24-25-12-13-33(24)17-8-10-18(11-9-17)34(37)38/h8-16H,6-7H2,1-5H3,(H,35,36)(H3,26,27,28,29,30). The zero-order chi connectivity index (χ0) is 27.8. The van der Waals surface area contributed by atoms with Gasteiger partial charge in [0.25, 0.3) is 11.6 Å². The number of carbonyl (C=O) groups is 1. The van der Waals surface area contributed by atoms with E-state index in [0.717, 1.165) is 12.8 Å². The van der Waals surface area contributed by atoms with Crippen LogP contribution in [0.4, 0.5) is 34.9 Å². The van der Waals surface area contributed by atoms with Gasteiger partial charge < -0.3 is 21.1 Å². The third-order valence-corrected chi connectivity index (χ3v) is 5.79. The molecule has 0 bridgehead atoms. The van der Waals surface area contributed by atoms with Crippen LogP contribution >= 0.6 is 0 Å². The summed E-state index contributed by atoms with van der Waals surface area (Å²) in [6.07, 6.45) is 4.80. The maximum absolute atomic E-state index is 11.6. The number of imidazole rings is 1. The van der Waals surface area contributed by atoms with Crippen molar-refractivity contribution in [3.63, 3.8) is 0 Å². The van der Waals surface area contributed by atoms with Crippen LogP contribution in [0.15, 0.2) is 46.9 Å². The molecule has 0 aliphatic rings. The molecular weight excluding hydrogens is 492 g/mol.